The third-order valence-corrected chi connectivity index (χ3v) is 5.04. The smallest absolute Gasteiger partial charge is 0.0947 e. The second-order valence-corrected chi connectivity index (χ2v) is 6.80. The fourth-order valence-electron chi connectivity index (χ4n) is 3.53. The molecule has 1 N–H and O–H groups in total. The van der Waals surface area contributed by atoms with E-state index in [1.165, 1.54) is 5.56 Å². The number of aryl methyl sites for hydroxylation is 1. The first-order valence-corrected chi connectivity index (χ1v) is 8.46. The lowest BCUT2D eigenvalue weighted by atomic mass is 9.84. The average Bonchev–Trinajstić information content (AvgIpc) is 3.09. The zero-order valence-corrected chi connectivity index (χ0v) is 13.9. The lowest BCUT2D eigenvalue weighted by molar-refractivity contribution is -0.0276. The van der Waals surface area contributed by atoms with Crippen LogP contribution in [0.15, 0.2) is 53.3 Å². The van der Waals surface area contributed by atoms with Gasteiger partial charge in [0.25, 0.3) is 0 Å². The Morgan fingerprint density at radius 1 is 1.17 bits per heavy atom. The van der Waals surface area contributed by atoms with Crippen LogP contribution in [0.4, 0.5) is 0 Å². The minimum Gasteiger partial charge on any atom is -0.472 e. The summed E-state index contributed by atoms with van der Waals surface area (Å²) in [5.41, 5.74) is 3.45. The number of likely N-dealkylation sites (tertiary alicyclic amines) is 1. The monoisotopic (exact) mass is 322 g/mol. The molecule has 0 radical (unpaired) electrons. The van der Waals surface area contributed by atoms with Crippen molar-refractivity contribution in [3.05, 3.63) is 65.7 Å². The standard InChI is InChI=1S/C20H22N2O2/c1-15-2-3-17-12-18(4-5-19(17)21-15)20(23)7-9-22(10-8-20)13-16-6-11-24-14-16/h2-6,11-12,14,23H,7-10,13H2,1H3. The summed E-state index contributed by atoms with van der Waals surface area (Å²) in [7, 11) is 0. The van der Waals surface area contributed by atoms with Gasteiger partial charge in [0.1, 0.15) is 0 Å². The van der Waals surface area contributed by atoms with Gasteiger partial charge >= 0.3 is 0 Å². The molecule has 0 bridgehead atoms. The number of rotatable bonds is 3. The highest BCUT2D eigenvalue weighted by atomic mass is 16.3. The zero-order chi connectivity index (χ0) is 16.6. The molecule has 1 fully saturated rings. The van der Waals surface area contributed by atoms with Crippen LogP contribution in [-0.4, -0.2) is 28.1 Å². The summed E-state index contributed by atoms with van der Waals surface area (Å²) in [5.74, 6) is 0. The molecule has 0 atom stereocenters. The van der Waals surface area contributed by atoms with Crippen molar-refractivity contribution in [2.75, 3.05) is 13.1 Å². The zero-order valence-electron chi connectivity index (χ0n) is 13.9. The Hall–Kier alpha value is -2.17. The molecule has 0 unspecified atom stereocenters. The van der Waals surface area contributed by atoms with Crippen molar-refractivity contribution in [2.24, 2.45) is 0 Å². The van der Waals surface area contributed by atoms with Gasteiger partial charge in [0, 0.05) is 36.3 Å². The molecule has 1 saturated heterocycles. The van der Waals surface area contributed by atoms with Crippen LogP contribution >= 0.6 is 0 Å². The van der Waals surface area contributed by atoms with Crippen LogP contribution in [0.25, 0.3) is 10.9 Å². The van der Waals surface area contributed by atoms with E-state index >= 15 is 0 Å². The van der Waals surface area contributed by atoms with Crippen LogP contribution in [0.1, 0.15) is 29.7 Å². The van der Waals surface area contributed by atoms with Gasteiger partial charge in [0.2, 0.25) is 0 Å². The molecule has 24 heavy (non-hydrogen) atoms. The van der Waals surface area contributed by atoms with E-state index in [1.807, 2.05) is 31.2 Å². The van der Waals surface area contributed by atoms with Gasteiger partial charge in [-0.05, 0) is 49.6 Å². The summed E-state index contributed by atoms with van der Waals surface area (Å²) in [6.07, 6.45) is 4.99. The van der Waals surface area contributed by atoms with Crippen molar-refractivity contribution >= 4 is 10.9 Å². The fourth-order valence-corrected chi connectivity index (χ4v) is 3.53. The number of furan rings is 1. The number of benzene rings is 1. The largest absolute Gasteiger partial charge is 0.472 e. The van der Waals surface area contributed by atoms with Gasteiger partial charge in [-0.25, -0.2) is 0 Å². The quantitative estimate of drug-likeness (QED) is 0.800. The molecule has 1 aliphatic rings. The van der Waals surface area contributed by atoms with Gasteiger partial charge in [0.05, 0.1) is 23.6 Å². The van der Waals surface area contributed by atoms with Crippen LogP contribution in [0, 0.1) is 6.92 Å². The van der Waals surface area contributed by atoms with Crippen LogP contribution in [-0.2, 0) is 12.1 Å². The molecular formula is C20H22N2O2. The van der Waals surface area contributed by atoms with Crippen LogP contribution < -0.4 is 0 Å². The number of hydrogen-bond acceptors (Lipinski definition) is 4. The number of piperidine rings is 1. The van der Waals surface area contributed by atoms with Crippen molar-refractivity contribution in [1.82, 2.24) is 9.88 Å². The third kappa shape index (κ3) is 2.95. The Morgan fingerprint density at radius 2 is 2.00 bits per heavy atom. The molecule has 4 heteroatoms. The third-order valence-electron chi connectivity index (χ3n) is 5.04. The summed E-state index contributed by atoms with van der Waals surface area (Å²) in [5, 5.41) is 12.2. The maximum atomic E-state index is 11.1. The summed E-state index contributed by atoms with van der Waals surface area (Å²) in [4.78, 5) is 6.91. The van der Waals surface area contributed by atoms with Crippen molar-refractivity contribution < 1.29 is 9.52 Å². The molecule has 0 saturated carbocycles. The molecule has 0 amide bonds. The molecule has 4 nitrogen and oxygen atoms in total. The Labute approximate surface area is 141 Å². The van der Waals surface area contributed by atoms with Crippen molar-refractivity contribution in [1.29, 1.82) is 0 Å². The number of nitrogens with zero attached hydrogens (tertiary/aromatic N) is 2. The number of aliphatic hydroxyl groups is 1. The molecule has 124 valence electrons. The lowest BCUT2D eigenvalue weighted by Crippen LogP contribution is -2.42. The maximum absolute atomic E-state index is 11.1. The van der Waals surface area contributed by atoms with Crippen molar-refractivity contribution in [3.63, 3.8) is 0 Å². The normalized spacial score (nSPS) is 18.1. The van der Waals surface area contributed by atoms with Gasteiger partial charge < -0.3 is 9.52 Å². The molecule has 3 heterocycles. The fraction of sp³-hybridized carbons (Fsp3) is 0.350. The van der Waals surface area contributed by atoms with Gasteiger partial charge in [-0.15, -0.1) is 0 Å². The van der Waals surface area contributed by atoms with E-state index in [4.69, 9.17) is 4.42 Å². The SMILES string of the molecule is Cc1ccc2cc(C3(O)CCN(Cc4ccoc4)CC3)ccc2n1. The Bertz CT molecular complexity index is 834. The van der Waals surface area contributed by atoms with E-state index in [2.05, 4.69) is 22.0 Å². The minimum atomic E-state index is -0.744. The first-order valence-electron chi connectivity index (χ1n) is 8.46. The van der Waals surface area contributed by atoms with Crippen molar-refractivity contribution in [3.8, 4) is 0 Å². The van der Waals surface area contributed by atoms with Gasteiger partial charge in [-0.2, -0.15) is 0 Å². The van der Waals surface area contributed by atoms with E-state index in [1.54, 1.807) is 12.5 Å². The molecule has 3 aromatic rings. The Kier molecular flexibility index (Phi) is 3.87. The molecule has 1 aromatic carbocycles. The van der Waals surface area contributed by atoms with E-state index < -0.39 is 5.60 Å². The molecule has 0 aliphatic carbocycles. The second kappa shape index (κ2) is 6.04. The Balaban J connectivity index is 1.51. The van der Waals surface area contributed by atoms with Gasteiger partial charge in [-0.3, -0.25) is 9.88 Å². The predicted molar refractivity (Wildman–Crippen MR) is 93.6 cm³/mol. The summed E-state index contributed by atoms with van der Waals surface area (Å²) < 4.78 is 5.13. The van der Waals surface area contributed by atoms with Crippen LogP contribution in [0.2, 0.25) is 0 Å². The number of aromatic nitrogens is 1. The summed E-state index contributed by atoms with van der Waals surface area (Å²) in [6.45, 7) is 4.64. The van der Waals surface area contributed by atoms with E-state index in [9.17, 15) is 5.11 Å². The molecule has 0 spiro atoms. The highest BCUT2D eigenvalue weighted by Crippen LogP contribution is 2.34. The Morgan fingerprint density at radius 3 is 2.75 bits per heavy atom. The van der Waals surface area contributed by atoms with Crippen LogP contribution in [0.5, 0.6) is 0 Å². The van der Waals surface area contributed by atoms with Crippen molar-refractivity contribution in [2.45, 2.75) is 31.9 Å². The van der Waals surface area contributed by atoms with E-state index in [0.717, 1.165) is 54.6 Å². The first kappa shape index (κ1) is 15.4. The first-order chi connectivity index (χ1) is 11.6. The summed E-state index contributed by atoms with van der Waals surface area (Å²) in [6, 6.07) is 12.2. The highest BCUT2D eigenvalue weighted by molar-refractivity contribution is 5.79. The second-order valence-electron chi connectivity index (χ2n) is 6.80. The van der Waals surface area contributed by atoms with Gasteiger partial charge in [-0.1, -0.05) is 12.1 Å². The topological polar surface area (TPSA) is 49.5 Å². The molecule has 2 aromatic heterocycles. The number of pyridine rings is 1. The minimum absolute atomic E-state index is 0.744. The molecule has 4 rings (SSSR count). The number of fused-ring (bicyclic) bond motifs is 1. The predicted octanol–water partition coefficient (Wildman–Crippen LogP) is 3.62. The van der Waals surface area contributed by atoms with E-state index in [0.29, 0.717) is 0 Å². The van der Waals surface area contributed by atoms with Crippen LogP contribution in [0.3, 0.4) is 0 Å². The van der Waals surface area contributed by atoms with Gasteiger partial charge in [0.15, 0.2) is 0 Å². The van der Waals surface area contributed by atoms with E-state index in [-0.39, 0.29) is 0 Å². The lowest BCUT2D eigenvalue weighted by Gasteiger charge is -2.38. The maximum Gasteiger partial charge on any atom is 0.0947 e. The molecular weight excluding hydrogens is 300 g/mol. The average molecular weight is 322 g/mol. The summed E-state index contributed by atoms with van der Waals surface area (Å²) >= 11 is 0. The molecule has 1 aliphatic heterocycles. The number of hydrogen-bond donors (Lipinski definition) is 1. The highest BCUT2D eigenvalue weighted by Gasteiger charge is 2.34.